The molecule has 0 aliphatic carbocycles. The highest BCUT2D eigenvalue weighted by Gasteiger charge is 2.39. The molecule has 0 amide bonds. The number of nitrogens with zero attached hydrogens (tertiary/aromatic N) is 5. The maximum Gasteiger partial charge on any atom is 0.205 e. The van der Waals surface area contributed by atoms with Gasteiger partial charge in [0.15, 0.2) is 11.3 Å². The van der Waals surface area contributed by atoms with Crippen LogP contribution in [0.25, 0.3) is 0 Å². The van der Waals surface area contributed by atoms with Crippen LogP contribution in [0.5, 0.6) is 0 Å². The van der Waals surface area contributed by atoms with Crippen LogP contribution in [0.3, 0.4) is 0 Å². The first-order chi connectivity index (χ1) is 15.1. The number of benzene rings is 3. The molecular formula is C24H21N5S2. The number of hydrogen-bond donors (Lipinski definition) is 0. The largest absolute Gasteiger partial charge is 0.378 e. The van der Waals surface area contributed by atoms with E-state index in [0.29, 0.717) is 5.11 Å². The molecule has 3 aromatic rings. The van der Waals surface area contributed by atoms with Gasteiger partial charge in [-0.2, -0.15) is 10.1 Å². The van der Waals surface area contributed by atoms with Crippen molar-refractivity contribution in [3.63, 3.8) is 0 Å². The molecule has 2 aliphatic heterocycles. The van der Waals surface area contributed by atoms with Gasteiger partial charge in [0.1, 0.15) is 5.04 Å². The second-order valence-corrected chi connectivity index (χ2v) is 8.77. The molecule has 31 heavy (non-hydrogen) atoms. The number of hydrogen-bond acceptors (Lipinski definition) is 5. The number of thioether (sulfide) groups is 1. The van der Waals surface area contributed by atoms with Gasteiger partial charge in [-0.15, -0.1) is 0 Å². The van der Waals surface area contributed by atoms with Gasteiger partial charge in [0.05, 0.1) is 0 Å². The van der Waals surface area contributed by atoms with E-state index < -0.39 is 0 Å². The standard InChI is InChI=1S/C24H21N5S2/c1-27(2)19-15-13-17(14-16-19)21-25-23-29(24(30)28(21)20-11-7-4-8-12-20)26-22(31-23)18-9-5-3-6-10-18/h3-16,21H,1-2H3/t21-/m0/s1. The average Bonchev–Trinajstić information content (AvgIpc) is 3.25. The summed E-state index contributed by atoms with van der Waals surface area (Å²) in [5.41, 5.74) is 4.28. The van der Waals surface area contributed by atoms with Crippen LogP contribution in [0.2, 0.25) is 0 Å². The molecule has 2 heterocycles. The maximum atomic E-state index is 5.94. The van der Waals surface area contributed by atoms with Crippen molar-refractivity contribution in [1.29, 1.82) is 0 Å². The quantitative estimate of drug-likeness (QED) is 0.510. The zero-order valence-corrected chi connectivity index (χ0v) is 18.8. The van der Waals surface area contributed by atoms with Gasteiger partial charge in [0, 0.05) is 31.0 Å². The van der Waals surface area contributed by atoms with Gasteiger partial charge in [0.25, 0.3) is 0 Å². The van der Waals surface area contributed by atoms with Crippen molar-refractivity contribution in [1.82, 2.24) is 5.01 Å². The van der Waals surface area contributed by atoms with Crippen molar-refractivity contribution < 1.29 is 0 Å². The second kappa shape index (κ2) is 8.17. The van der Waals surface area contributed by atoms with Gasteiger partial charge in [-0.1, -0.05) is 60.7 Å². The highest BCUT2D eigenvalue weighted by atomic mass is 32.2. The number of rotatable bonds is 4. The van der Waals surface area contributed by atoms with Gasteiger partial charge in [0.2, 0.25) is 5.11 Å². The Balaban J connectivity index is 1.58. The Kier molecular flexibility index (Phi) is 5.21. The van der Waals surface area contributed by atoms with E-state index in [2.05, 4.69) is 58.3 Å². The summed E-state index contributed by atoms with van der Waals surface area (Å²) in [5, 5.41) is 8.90. The molecule has 0 radical (unpaired) electrons. The smallest absolute Gasteiger partial charge is 0.205 e. The Morgan fingerprint density at radius 2 is 1.52 bits per heavy atom. The maximum absolute atomic E-state index is 5.94. The Morgan fingerprint density at radius 1 is 0.871 bits per heavy atom. The third kappa shape index (κ3) is 3.71. The molecule has 2 aliphatic rings. The Bertz CT molecular complexity index is 1160. The highest BCUT2D eigenvalue weighted by Crippen LogP contribution is 2.39. The number of amidine groups is 1. The van der Waals surface area contributed by atoms with Crippen LogP contribution in [-0.4, -0.2) is 34.4 Å². The normalized spacial score (nSPS) is 17.9. The van der Waals surface area contributed by atoms with E-state index >= 15 is 0 Å². The molecule has 0 saturated carbocycles. The predicted molar refractivity (Wildman–Crippen MR) is 135 cm³/mol. The Hall–Kier alpha value is -3.16. The van der Waals surface area contributed by atoms with E-state index in [-0.39, 0.29) is 6.17 Å². The molecule has 5 rings (SSSR count). The molecule has 154 valence electrons. The zero-order chi connectivity index (χ0) is 21.4. The summed E-state index contributed by atoms with van der Waals surface area (Å²) in [7, 11) is 4.08. The fourth-order valence-electron chi connectivity index (χ4n) is 3.56. The van der Waals surface area contributed by atoms with E-state index in [1.807, 2.05) is 50.5 Å². The lowest BCUT2D eigenvalue weighted by Gasteiger charge is -2.38. The molecule has 0 unspecified atom stereocenters. The third-order valence-corrected chi connectivity index (χ3v) is 6.53. The van der Waals surface area contributed by atoms with E-state index in [4.69, 9.17) is 22.3 Å². The number of para-hydroxylation sites is 1. The first-order valence-corrected chi connectivity index (χ1v) is 11.2. The molecule has 0 spiro atoms. The van der Waals surface area contributed by atoms with Crippen LogP contribution in [0.4, 0.5) is 11.4 Å². The van der Waals surface area contributed by atoms with Gasteiger partial charge in [-0.25, -0.2) is 4.99 Å². The van der Waals surface area contributed by atoms with Crippen molar-refractivity contribution in [3.05, 3.63) is 96.1 Å². The highest BCUT2D eigenvalue weighted by molar-refractivity contribution is 8.27. The van der Waals surface area contributed by atoms with Crippen LogP contribution < -0.4 is 9.80 Å². The minimum atomic E-state index is -0.254. The van der Waals surface area contributed by atoms with Crippen molar-refractivity contribution >= 4 is 50.7 Å². The summed E-state index contributed by atoms with van der Waals surface area (Å²) in [4.78, 5) is 9.25. The minimum absolute atomic E-state index is 0.254. The second-order valence-electron chi connectivity index (χ2n) is 7.44. The molecule has 0 bridgehead atoms. The molecule has 5 nitrogen and oxygen atoms in total. The van der Waals surface area contributed by atoms with Crippen molar-refractivity contribution in [2.24, 2.45) is 10.1 Å². The van der Waals surface area contributed by atoms with Gasteiger partial charge in [-0.05, 0) is 53.8 Å². The van der Waals surface area contributed by atoms with Gasteiger partial charge in [-0.3, -0.25) is 4.90 Å². The van der Waals surface area contributed by atoms with Gasteiger partial charge >= 0.3 is 0 Å². The zero-order valence-electron chi connectivity index (χ0n) is 17.2. The fraction of sp³-hybridized carbons (Fsp3) is 0.125. The van der Waals surface area contributed by atoms with Crippen LogP contribution >= 0.6 is 24.0 Å². The van der Waals surface area contributed by atoms with Crippen molar-refractivity contribution in [3.8, 4) is 0 Å². The number of hydrazone groups is 1. The number of aliphatic imine (C=N–C) groups is 1. The predicted octanol–water partition coefficient (Wildman–Crippen LogP) is 5.32. The van der Waals surface area contributed by atoms with Crippen LogP contribution in [0, 0.1) is 0 Å². The molecule has 0 N–H and O–H groups in total. The van der Waals surface area contributed by atoms with Crippen LogP contribution in [0.1, 0.15) is 17.3 Å². The van der Waals surface area contributed by atoms with E-state index in [9.17, 15) is 0 Å². The average molecular weight is 444 g/mol. The number of thiocarbonyl (C=S) groups is 1. The molecule has 3 aromatic carbocycles. The SMILES string of the molecule is CN(C)c1ccc([C@H]2N=C3SC(c4ccccc4)=NN3C(=S)N2c2ccccc2)cc1. The van der Waals surface area contributed by atoms with Crippen molar-refractivity contribution in [2.75, 3.05) is 23.9 Å². The summed E-state index contributed by atoms with van der Waals surface area (Å²) in [6, 6.07) is 28.8. The lowest BCUT2D eigenvalue weighted by atomic mass is 10.1. The Morgan fingerprint density at radius 3 is 2.16 bits per heavy atom. The summed E-state index contributed by atoms with van der Waals surface area (Å²) in [5.74, 6) is 0. The molecule has 7 heteroatoms. The summed E-state index contributed by atoms with van der Waals surface area (Å²) < 4.78 is 0. The van der Waals surface area contributed by atoms with E-state index in [0.717, 1.165) is 32.7 Å². The summed E-state index contributed by atoms with van der Waals surface area (Å²) in [6.45, 7) is 0. The lowest BCUT2D eigenvalue weighted by molar-refractivity contribution is 0.598. The molecule has 0 saturated heterocycles. The number of fused-ring (bicyclic) bond motifs is 1. The summed E-state index contributed by atoms with van der Waals surface area (Å²) >= 11 is 7.50. The first-order valence-electron chi connectivity index (χ1n) is 9.97. The topological polar surface area (TPSA) is 34.4 Å². The molecule has 0 aromatic heterocycles. The Labute approximate surface area is 191 Å². The van der Waals surface area contributed by atoms with E-state index in [1.165, 1.54) is 0 Å². The van der Waals surface area contributed by atoms with E-state index in [1.54, 1.807) is 16.8 Å². The molecular weight excluding hydrogens is 422 g/mol. The number of anilines is 2. The monoisotopic (exact) mass is 443 g/mol. The molecule has 0 fully saturated rings. The fourth-order valence-corrected chi connectivity index (χ4v) is 4.87. The first kappa shape index (κ1) is 19.8. The molecule has 1 atom stereocenters. The van der Waals surface area contributed by atoms with Crippen LogP contribution in [0.15, 0.2) is 95.0 Å². The van der Waals surface area contributed by atoms with Crippen LogP contribution in [-0.2, 0) is 0 Å². The minimum Gasteiger partial charge on any atom is -0.378 e. The summed E-state index contributed by atoms with van der Waals surface area (Å²) in [6.07, 6.45) is -0.254. The lowest BCUT2D eigenvalue weighted by Crippen LogP contribution is -2.47. The third-order valence-electron chi connectivity index (χ3n) is 5.19. The van der Waals surface area contributed by atoms with Crippen molar-refractivity contribution in [2.45, 2.75) is 6.17 Å². The van der Waals surface area contributed by atoms with Gasteiger partial charge < -0.3 is 4.90 Å².